The number of aliphatic hydroxyl groups is 1. The fraction of sp³-hybridized carbons (Fsp3) is 0.273. The largest absolute Gasteiger partial charge is 0.392 e. The summed E-state index contributed by atoms with van der Waals surface area (Å²) < 4.78 is 25.3. The van der Waals surface area contributed by atoms with Crippen molar-refractivity contribution in [2.75, 3.05) is 13.6 Å². The highest BCUT2D eigenvalue weighted by molar-refractivity contribution is 7.89. The van der Waals surface area contributed by atoms with Crippen LogP contribution in [0.1, 0.15) is 5.56 Å². The van der Waals surface area contributed by atoms with Gasteiger partial charge in [0.1, 0.15) is 4.90 Å². The first-order chi connectivity index (χ1) is 8.34. The fourth-order valence-electron chi connectivity index (χ4n) is 1.27. The van der Waals surface area contributed by atoms with Crippen molar-refractivity contribution < 1.29 is 13.5 Å². The van der Waals surface area contributed by atoms with E-state index in [0.29, 0.717) is 0 Å². The molecule has 4 nitrogen and oxygen atoms in total. The molecule has 1 N–H and O–H groups in total. The number of sulfonamides is 1. The number of nitrogens with zero attached hydrogens (tertiary/aromatic N) is 1. The third-order valence-corrected chi connectivity index (χ3v) is 4.89. The van der Waals surface area contributed by atoms with Crippen LogP contribution in [0.4, 0.5) is 0 Å². The van der Waals surface area contributed by atoms with E-state index in [1.807, 2.05) is 0 Å². The monoisotopic (exact) mass is 307 g/mol. The Kier molecular flexibility index (Phi) is 5.02. The van der Waals surface area contributed by atoms with Crippen molar-refractivity contribution in [1.29, 1.82) is 0 Å². The standard InChI is InChI=1S/C11H11Cl2NO3S/c1-3-4-14(2)18(16,17)11-5-8(7-15)9(12)6-10(11)13/h1,5-6,15H,4,7H2,2H3. The summed E-state index contributed by atoms with van der Waals surface area (Å²) in [5.74, 6) is 2.23. The smallest absolute Gasteiger partial charge is 0.245 e. The van der Waals surface area contributed by atoms with Gasteiger partial charge in [0.05, 0.1) is 18.2 Å². The second-order valence-corrected chi connectivity index (χ2v) is 6.33. The molecule has 0 saturated heterocycles. The summed E-state index contributed by atoms with van der Waals surface area (Å²) in [5, 5.41) is 9.27. The van der Waals surface area contributed by atoms with Crippen LogP contribution in [-0.4, -0.2) is 31.4 Å². The molecular weight excluding hydrogens is 297 g/mol. The molecule has 0 radical (unpaired) electrons. The van der Waals surface area contributed by atoms with Crippen molar-refractivity contribution in [2.45, 2.75) is 11.5 Å². The third kappa shape index (κ3) is 2.97. The molecular formula is C11H11Cl2NO3S. The highest BCUT2D eigenvalue weighted by Crippen LogP contribution is 2.30. The maximum Gasteiger partial charge on any atom is 0.245 e. The summed E-state index contributed by atoms with van der Waals surface area (Å²) in [7, 11) is -2.45. The molecule has 0 aliphatic heterocycles. The van der Waals surface area contributed by atoms with Crippen LogP contribution in [0.15, 0.2) is 17.0 Å². The van der Waals surface area contributed by atoms with E-state index >= 15 is 0 Å². The highest BCUT2D eigenvalue weighted by atomic mass is 35.5. The molecule has 98 valence electrons. The summed E-state index contributed by atoms with van der Waals surface area (Å²) in [6, 6.07) is 2.53. The SMILES string of the molecule is C#CCN(C)S(=O)(=O)c1cc(CO)c(Cl)cc1Cl. The lowest BCUT2D eigenvalue weighted by Gasteiger charge is -2.16. The quantitative estimate of drug-likeness (QED) is 0.862. The lowest BCUT2D eigenvalue weighted by Crippen LogP contribution is -2.27. The molecule has 1 aromatic rings. The van der Waals surface area contributed by atoms with Gasteiger partial charge in [-0.2, -0.15) is 4.31 Å². The number of benzene rings is 1. The van der Waals surface area contributed by atoms with E-state index in [2.05, 4.69) is 5.92 Å². The Morgan fingerprint density at radius 1 is 1.39 bits per heavy atom. The Morgan fingerprint density at radius 2 is 2.00 bits per heavy atom. The summed E-state index contributed by atoms with van der Waals surface area (Å²) >= 11 is 11.7. The van der Waals surface area contributed by atoms with Gasteiger partial charge < -0.3 is 5.11 Å². The Bertz CT molecular complexity index is 593. The minimum absolute atomic E-state index is 0.0129. The summed E-state index contributed by atoms with van der Waals surface area (Å²) in [4.78, 5) is -0.129. The second kappa shape index (κ2) is 5.91. The first-order valence-corrected chi connectivity index (χ1v) is 7.02. The van der Waals surface area contributed by atoms with Crippen molar-refractivity contribution in [3.63, 3.8) is 0 Å². The van der Waals surface area contributed by atoms with Crippen molar-refractivity contribution >= 4 is 33.2 Å². The van der Waals surface area contributed by atoms with Gasteiger partial charge in [0.15, 0.2) is 0 Å². The van der Waals surface area contributed by atoms with Gasteiger partial charge in [-0.05, 0) is 17.7 Å². The fourth-order valence-corrected chi connectivity index (χ4v) is 3.18. The molecule has 0 bridgehead atoms. The molecule has 0 unspecified atom stereocenters. The number of hydrogen-bond donors (Lipinski definition) is 1. The number of halogens is 2. The Labute approximate surface area is 116 Å². The molecule has 0 aliphatic carbocycles. The van der Waals surface area contributed by atoms with Gasteiger partial charge in [-0.1, -0.05) is 29.1 Å². The van der Waals surface area contributed by atoms with Gasteiger partial charge in [0.2, 0.25) is 10.0 Å². The summed E-state index contributed by atoms with van der Waals surface area (Å²) in [6.07, 6.45) is 5.07. The van der Waals surface area contributed by atoms with E-state index in [-0.39, 0.29) is 33.7 Å². The molecule has 0 saturated carbocycles. The van der Waals surface area contributed by atoms with Crippen LogP contribution in [0.5, 0.6) is 0 Å². The molecule has 7 heteroatoms. The predicted octanol–water partition coefficient (Wildman–Crippen LogP) is 1.74. The first kappa shape index (κ1) is 15.3. The molecule has 0 amide bonds. The molecule has 0 fully saturated rings. The first-order valence-electron chi connectivity index (χ1n) is 4.83. The van der Waals surface area contributed by atoms with Crippen LogP contribution < -0.4 is 0 Å². The van der Waals surface area contributed by atoms with E-state index in [1.165, 1.54) is 19.2 Å². The topological polar surface area (TPSA) is 57.6 Å². The molecule has 0 aliphatic rings. The maximum atomic E-state index is 12.1. The van der Waals surface area contributed by atoms with Gasteiger partial charge >= 0.3 is 0 Å². The zero-order valence-electron chi connectivity index (χ0n) is 9.52. The molecule has 0 atom stereocenters. The average molecular weight is 308 g/mol. The van der Waals surface area contributed by atoms with Gasteiger partial charge in [-0.15, -0.1) is 6.42 Å². The molecule has 0 aromatic heterocycles. The van der Waals surface area contributed by atoms with Crippen molar-refractivity contribution in [1.82, 2.24) is 4.31 Å². The third-order valence-electron chi connectivity index (χ3n) is 2.27. The summed E-state index contributed by atoms with van der Waals surface area (Å²) in [5.41, 5.74) is 0.286. The number of rotatable bonds is 4. The number of aliphatic hydroxyl groups excluding tert-OH is 1. The average Bonchev–Trinajstić information content (AvgIpc) is 2.29. The normalized spacial score (nSPS) is 11.6. The Morgan fingerprint density at radius 3 is 2.50 bits per heavy atom. The van der Waals surface area contributed by atoms with E-state index < -0.39 is 10.0 Å². The van der Waals surface area contributed by atoms with Gasteiger partial charge in [0, 0.05) is 12.1 Å². The van der Waals surface area contributed by atoms with E-state index in [4.69, 9.17) is 34.7 Å². The molecule has 18 heavy (non-hydrogen) atoms. The second-order valence-electron chi connectivity index (χ2n) is 3.50. The van der Waals surface area contributed by atoms with E-state index in [9.17, 15) is 8.42 Å². The lowest BCUT2D eigenvalue weighted by atomic mass is 10.2. The van der Waals surface area contributed by atoms with E-state index in [0.717, 1.165) is 4.31 Å². The zero-order valence-corrected chi connectivity index (χ0v) is 11.8. The van der Waals surface area contributed by atoms with Crippen LogP contribution in [-0.2, 0) is 16.6 Å². The lowest BCUT2D eigenvalue weighted by molar-refractivity contribution is 0.281. The molecule has 1 rings (SSSR count). The minimum atomic E-state index is -3.79. The maximum absolute atomic E-state index is 12.1. The van der Waals surface area contributed by atoms with Crippen LogP contribution in [0.3, 0.4) is 0 Å². The van der Waals surface area contributed by atoms with Gasteiger partial charge in [-0.25, -0.2) is 8.42 Å². The highest BCUT2D eigenvalue weighted by Gasteiger charge is 2.24. The van der Waals surface area contributed by atoms with Crippen LogP contribution in [0.2, 0.25) is 10.0 Å². The number of terminal acetylenes is 1. The zero-order chi connectivity index (χ0) is 13.9. The summed E-state index contributed by atoms with van der Waals surface area (Å²) in [6.45, 7) is -0.451. The predicted molar refractivity (Wildman–Crippen MR) is 71.0 cm³/mol. The van der Waals surface area contributed by atoms with Crippen molar-refractivity contribution in [2.24, 2.45) is 0 Å². The van der Waals surface area contributed by atoms with Gasteiger partial charge in [-0.3, -0.25) is 0 Å². The van der Waals surface area contributed by atoms with Gasteiger partial charge in [0.25, 0.3) is 0 Å². The van der Waals surface area contributed by atoms with Crippen LogP contribution >= 0.6 is 23.2 Å². The van der Waals surface area contributed by atoms with Crippen LogP contribution in [0.25, 0.3) is 0 Å². The van der Waals surface area contributed by atoms with Crippen molar-refractivity contribution in [3.05, 3.63) is 27.7 Å². The van der Waals surface area contributed by atoms with Crippen molar-refractivity contribution in [3.8, 4) is 12.3 Å². The molecule has 0 spiro atoms. The molecule has 1 aromatic carbocycles. The minimum Gasteiger partial charge on any atom is -0.392 e. The number of hydrogen-bond acceptors (Lipinski definition) is 3. The Hall–Kier alpha value is -0.770. The Balaban J connectivity index is 3.38. The molecule has 0 heterocycles. The van der Waals surface area contributed by atoms with Crippen LogP contribution in [0, 0.1) is 12.3 Å². The van der Waals surface area contributed by atoms with E-state index in [1.54, 1.807) is 0 Å².